The summed E-state index contributed by atoms with van der Waals surface area (Å²) in [4.78, 5) is 31.2. The molecule has 1 aliphatic rings. The summed E-state index contributed by atoms with van der Waals surface area (Å²) in [5.74, 6) is -0.218. The fourth-order valence-corrected chi connectivity index (χ4v) is 4.20. The number of nitrogens with one attached hydrogen (secondary N) is 1. The Balaban J connectivity index is 1.59. The number of carbonyl (C=O) groups excluding carboxylic acids is 2. The predicted octanol–water partition coefficient (Wildman–Crippen LogP) is 2.91. The van der Waals surface area contributed by atoms with E-state index >= 15 is 0 Å². The third kappa shape index (κ3) is 7.37. The Bertz CT molecular complexity index is 920. The van der Waals surface area contributed by atoms with Gasteiger partial charge in [0.05, 0.1) is 19.1 Å². The summed E-state index contributed by atoms with van der Waals surface area (Å²) in [7, 11) is 1.92. The molecule has 1 aliphatic heterocycles. The van der Waals surface area contributed by atoms with Crippen molar-refractivity contribution in [2.24, 2.45) is 0 Å². The van der Waals surface area contributed by atoms with Gasteiger partial charge < -0.3 is 10.2 Å². The van der Waals surface area contributed by atoms with E-state index in [0.29, 0.717) is 32.7 Å². The fourth-order valence-electron chi connectivity index (χ4n) is 4.20. The predicted molar refractivity (Wildman–Crippen MR) is 128 cm³/mol. The Morgan fingerprint density at radius 1 is 0.970 bits per heavy atom. The minimum Gasteiger partial charge on any atom is -0.350 e. The number of hydrogen-bond acceptors (Lipinski definition) is 4. The zero-order valence-corrected chi connectivity index (χ0v) is 20.1. The number of benzene rings is 2. The van der Waals surface area contributed by atoms with Crippen LogP contribution in [0.25, 0.3) is 0 Å². The third-order valence-corrected chi connectivity index (χ3v) is 5.73. The molecule has 178 valence electrons. The molecular formula is C26H35FN4O2. The van der Waals surface area contributed by atoms with Crippen LogP contribution in [0, 0.1) is 5.82 Å². The van der Waals surface area contributed by atoms with Gasteiger partial charge >= 0.3 is 0 Å². The largest absolute Gasteiger partial charge is 0.350 e. The first-order chi connectivity index (χ1) is 15.6. The molecule has 1 N–H and O–H groups in total. The Hall–Kier alpha value is -2.77. The molecular weight excluding hydrogens is 419 g/mol. The maximum atomic E-state index is 13.5. The molecule has 1 atom stereocenters. The first-order valence-electron chi connectivity index (χ1n) is 11.4. The van der Waals surface area contributed by atoms with Crippen molar-refractivity contribution in [1.82, 2.24) is 20.0 Å². The molecule has 33 heavy (non-hydrogen) atoms. The van der Waals surface area contributed by atoms with Crippen LogP contribution in [0.1, 0.15) is 37.9 Å². The fraction of sp³-hybridized carbons (Fsp3) is 0.462. The molecule has 2 amide bonds. The van der Waals surface area contributed by atoms with Crippen LogP contribution >= 0.6 is 0 Å². The lowest BCUT2D eigenvalue weighted by atomic mass is 9.97. The highest BCUT2D eigenvalue weighted by Gasteiger charge is 2.27. The second kappa shape index (κ2) is 10.9. The molecule has 3 rings (SSSR count). The second-order valence-electron chi connectivity index (χ2n) is 9.73. The van der Waals surface area contributed by atoms with Crippen LogP contribution in [0.15, 0.2) is 54.6 Å². The van der Waals surface area contributed by atoms with Gasteiger partial charge in [0.2, 0.25) is 11.8 Å². The van der Waals surface area contributed by atoms with Crippen LogP contribution in [-0.2, 0) is 9.59 Å². The summed E-state index contributed by atoms with van der Waals surface area (Å²) in [6.07, 6.45) is 0. The zero-order chi connectivity index (χ0) is 24.0. The molecule has 0 spiro atoms. The number of rotatable bonds is 7. The Kier molecular flexibility index (Phi) is 8.21. The smallest absolute Gasteiger partial charge is 0.236 e. The summed E-state index contributed by atoms with van der Waals surface area (Å²) in [5.41, 5.74) is 1.74. The normalized spacial score (nSPS) is 16.0. The first-order valence-corrected chi connectivity index (χ1v) is 11.4. The van der Waals surface area contributed by atoms with E-state index in [1.165, 1.54) is 12.1 Å². The molecule has 6 nitrogen and oxygen atoms in total. The zero-order valence-electron chi connectivity index (χ0n) is 20.1. The van der Waals surface area contributed by atoms with E-state index in [0.717, 1.165) is 11.1 Å². The lowest BCUT2D eigenvalue weighted by molar-refractivity contribution is -0.134. The summed E-state index contributed by atoms with van der Waals surface area (Å²) < 4.78 is 13.5. The summed E-state index contributed by atoms with van der Waals surface area (Å²) in [6, 6.07) is 16.2. The minimum absolute atomic E-state index is 0.00649. The molecule has 0 radical (unpaired) electrons. The van der Waals surface area contributed by atoms with Crippen molar-refractivity contribution in [2.75, 3.05) is 46.3 Å². The summed E-state index contributed by atoms with van der Waals surface area (Å²) in [5, 5.41) is 2.98. The van der Waals surface area contributed by atoms with Crippen molar-refractivity contribution in [3.63, 3.8) is 0 Å². The highest BCUT2D eigenvalue weighted by Crippen LogP contribution is 2.27. The van der Waals surface area contributed by atoms with E-state index in [-0.39, 0.29) is 35.8 Å². The Labute approximate surface area is 196 Å². The second-order valence-corrected chi connectivity index (χ2v) is 9.73. The SMILES string of the molecule is CN(CC(=O)N1CCN(CC(=O)NC(C)(C)C)CC1)C(c1ccccc1)c1ccc(F)cc1. The first kappa shape index (κ1) is 24.9. The van der Waals surface area contributed by atoms with Crippen molar-refractivity contribution in [1.29, 1.82) is 0 Å². The van der Waals surface area contributed by atoms with Gasteiger partial charge in [-0.3, -0.25) is 19.4 Å². The van der Waals surface area contributed by atoms with Crippen LogP contribution in [0.4, 0.5) is 4.39 Å². The molecule has 1 unspecified atom stereocenters. The van der Waals surface area contributed by atoms with Gasteiger partial charge in [0.25, 0.3) is 0 Å². The Morgan fingerprint density at radius 2 is 1.55 bits per heavy atom. The van der Waals surface area contributed by atoms with Crippen LogP contribution in [0.5, 0.6) is 0 Å². The van der Waals surface area contributed by atoms with Gasteiger partial charge in [-0.2, -0.15) is 0 Å². The number of hydrogen-bond donors (Lipinski definition) is 1. The standard InChI is InChI=1S/C26H35FN4O2/c1-26(2,3)28-23(32)18-30-14-16-31(17-15-30)24(33)19-29(4)25(20-8-6-5-7-9-20)21-10-12-22(27)13-11-21/h5-13,25H,14-19H2,1-4H3,(H,28,32). The van der Waals surface area contributed by atoms with Gasteiger partial charge in [0.15, 0.2) is 0 Å². The van der Waals surface area contributed by atoms with Gasteiger partial charge in [0, 0.05) is 31.7 Å². The average Bonchev–Trinajstić information content (AvgIpc) is 2.75. The highest BCUT2D eigenvalue weighted by molar-refractivity contribution is 5.79. The van der Waals surface area contributed by atoms with Crippen molar-refractivity contribution in [2.45, 2.75) is 32.4 Å². The molecule has 2 aromatic rings. The van der Waals surface area contributed by atoms with Crippen LogP contribution < -0.4 is 5.32 Å². The molecule has 0 aromatic heterocycles. The van der Waals surface area contributed by atoms with Crippen molar-refractivity contribution < 1.29 is 14.0 Å². The van der Waals surface area contributed by atoms with E-state index in [2.05, 4.69) is 10.2 Å². The van der Waals surface area contributed by atoms with Crippen molar-refractivity contribution in [3.8, 4) is 0 Å². The molecule has 1 saturated heterocycles. The van der Waals surface area contributed by atoms with Gasteiger partial charge in [-0.25, -0.2) is 4.39 Å². The number of amides is 2. The lowest BCUT2D eigenvalue weighted by Gasteiger charge is -2.36. The van der Waals surface area contributed by atoms with E-state index in [9.17, 15) is 14.0 Å². The van der Waals surface area contributed by atoms with E-state index in [1.54, 1.807) is 12.1 Å². The quantitative estimate of drug-likeness (QED) is 0.699. The van der Waals surface area contributed by atoms with Gasteiger partial charge in [-0.15, -0.1) is 0 Å². The monoisotopic (exact) mass is 454 g/mol. The van der Waals surface area contributed by atoms with E-state index < -0.39 is 0 Å². The van der Waals surface area contributed by atoms with Crippen LogP contribution in [-0.4, -0.2) is 78.4 Å². The minimum atomic E-state index is -0.279. The summed E-state index contributed by atoms with van der Waals surface area (Å²) >= 11 is 0. The van der Waals surface area contributed by atoms with Crippen molar-refractivity contribution in [3.05, 3.63) is 71.5 Å². The third-order valence-electron chi connectivity index (χ3n) is 5.73. The molecule has 0 aliphatic carbocycles. The number of piperazine rings is 1. The molecule has 1 fully saturated rings. The van der Waals surface area contributed by atoms with Gasteiger partial charge in [0.1, 0.15) is 5.82 Å². The van der Waals surface area contributed by atoms with Crippen LogP contribution in [0.2, 0.25) is 0 Å². The topological polar surface area (TPSA) is 55.9 Å². The van der Waals surface area contributed by atoms with Gasteiger partial charge in [-0.1, -0.05) is 42.5 Å². The van der Waals surface area contributed by atoms with Crippen LogP contribution in [0.3, 0.4) is 0 Å². The highest BCUT2D eigenvalue weighted by atomic mass is 19.1. The molecule has 2 aromatic carbocycles. The van der Waals surface area contributed by atoms with Gasteiger partial charge in [-0.05, 0) is 51.1 Å². The maximum absolute atomic E-state index is 13.5. The number of halogens is 1. The number of likely N-dealkylation sites (N-methyl/N-ethyl adjacent to an activating group) is 1. The summed E-state index contributed by atoms with van der Waals surface area (Å²) in [6.45, 7) is 9.04. The van der Waals surface area contributed by atoms with E-state index in [1.807, 2.05) is 68.0 Å². The Morgan fingerprint density at radius 3 is 2.12 bits per heavy atom. The average molecular weight is 455 g/mol. The molecule has 0 saturated carbocycles. The maximum Gasteiger partial charge on any atom is 0.236 e. The number of carbonyl (C=O) groups is 2. The molecule has 1 heterocycles. The van der Waals surface area contributed by atoms with E-state index in [4.69, 9.17) is 0 Å². The molecule has 0 bridgehead atoms. The lowest BCUT2D eigenvalue weighted by Crippen LogP contribution is -2.54. The number of nitrogens with zero attached hydrogens (tertiary/aromatic N) is 3. The van der Waals surface area contributed by atoms with Crippen molar-refractivity contribution >= 4 is 11.8 Å². The molecule has 7 heteroatoms.